The Balaban J connectivity index is 2.06. The predicted molar refractivity (Wildman–Crippen MR) is 81.1 cm³/mol. The van der Waals surface area contributed by atoms with E-state index < -0.39 is 0 Å². The summed E-state index contributed by atoms with van der Waals surface area (Å²) >= 11 is 3.49. The summed E-state index contributed by atoms with van der Waals surface area (Å²) in [5, 5.41) is 7.68. The highest BCUT2D eigenvalue weighted by atomic mass is 79.9. The number of anilines is 1. The molecule has 102 valence electrons. The van der Waals surface area contributed by atoms with Crippen LogP contribution in [0, 0.1) is 12.8 Å². The molecule has 0 atom stereocenters. The number of aromatic nitrogens is 3. The summed E-state index contributed by atoms with van der Waals surface area (Å²) in [5.74, 6) is 1.53. The van der Waals surface area contributed by atoms with Crippen molar-refractivity contribution < 1.29 is 0 Å². The number of benzene rings is 1. The first kappa shape index (κ1) is 14.1. The van der Waals surface area contributed by atoms with E-state index in [1.807, 2.05) is 10.7 Å². The van der Waals surface area contributed by atoms with E-state index >= 15 is 0 Å². The standard InChI is InChI=1S/C14H19BrN4/c1-10(2)8-19-14(17-9-18-19)7-16-13-6-12(15)5-4-11(13)3/h4-6,9-10,16H,7-8H2,1-3H3. The quantitative estimate of drug-likeness (QED) is 0.914. The van der Waals surface area contributed by atoms with Gasteiger partial charge in [0.25, 0.3) is 0 Å². The molecule has 1 N–H and O–H groups in total. The molecule has 1 aromatic carbocycles. The lowest BCUT2D eigenvalue weighted by atomic mass is 10.2. The molecule has 0 aliphatic carbocycles. The molecule has 2 rings (SSSR count). The number of nitrogens with zero attached hydrogens (tertiary/aromatic N) is 3. The van der Waals surface area contributed by atoms with E-state index in [1.54, 1.807) is 6.33 Å². The van der Waals surface area contributed by atoms with E-state index in [2.05, 4.69) is 64.2 Å². The summed E-state index contributed by atoms with van der Waals surface area (Å²) in [6.45, 7) is 8.03. The molecule has 1 heterocycles. The highest BCUT2D eigenvalue weighted by Crippen LogP contribution is 2.21. The molecule has 0 unspecified atom stereocenters. The summed E-state index contributed by atoms with van der Waals surface area (Å²) in [5.41, 5.74) is 2.34. The number of nitrogens with one attached hydrogen (secondary N) is 1. The summed E-state index contributed by atoms with van der Waals surface area (Å²) in [7, 11) is 0. The van der Waals surface area contributed by atoms with E-state index in [0.717, 1.165) is 22.5 Å². The van der Waals surface area contributed by atoms with Gasteiger partial charge < -0.3 is 5.32 Å². The predicted octanol–water partition coefficient (Wildman–Crippen LogP) is 3.62. The number of halogens is 1. The third-order valence-electron chi connectivity index (χ3n) is 2.87. The van der Waals surface area contributed by atoms with Gasteiger partial charge in [0.05, 0.1) is 6.54 Å². The molecular weight excluding hydrogens is 304 g/mol. The molecule has 0 aliphatic heterocycles. The maximum absolute atomic E-state index is 4.31. The fourth-order valence-corrected chi connectivity index (χ4v) is 2.24. The zero-order valence-corrected chi connectivity index (χ0v) is 13.1. The van der Waals surface area contributed by atoms with Crippen molar-refractivity contribution in [1.29, 1.82) is 0 Å². The maximum atomic E-state index is 4.31. The van der Waals surface area contributed by atoms with E-state index in [9.17, 15) is 0 Å². The Hall–Kier alpha value is -1.36. The molecule has 1 aromatic heterocycles. The molecule has 0 aliphatic rings. The summed E-state index contributed by atoms with van der Waals surface area (Å²) in [6.07, 6.45) is 1.62. The highest BCUT2D eigenvalue weighted by molar-refractivity contribution is 9.10. The van der Waals surface area contributed by atoms with Crippen molar-refractivity contribution >= 4 is 21.6 Å². The Morgan fingerprint density at radius 2 is 2.16 bits per heavy atom. The van der Waals surface area contributed by atoms with Crippen LogP contribution in [0.2, 0.25) is 0 Å². The van der Waals surface area contributed by atoms with Gasteiger partial charge >= 0.3 is 0 Å². The lowest BCUT2D eigenvalue weighted by molar-refractivity contribution is 0.468. The fraction of sp³-hybridized carbons (Fsp3) is 0.429. The molecule has 5 heteroatoms. The van der Waals surface area contributed by atoms with Crippen LogP contribution in [0.4, 0.5) is 5.69 Å². The summed E-state index contributed by atoms with van der Waals surface area (Å²) in [4.78, 5) is 4.31. The van der Waals surface area contributed by atoms with Crippen molar-refractivity contribution in [3.8, 4) is 0 Å². The number of rotatable bonds is 5. The van der Waals surface area contributed by atoms with Gasteiger partial charge in [0, 0.05) is 16.7 Å². The minimum Gasteiger partial charge on any atom is -0.378 e. The van der Waals surface area contributed by atoms with Gasteiger partial charge in [-0.2, -0.15) is 5.10 Å². The second-order valence-electron chi connectivity index (χ2n) is 5.07. The summed E-state index contributed by atoms with van der Waals surface area (Å²) < 4.78 is 3.04. The van der Waals surface area contributed by atoms with Gasteiger partial charge in [-0.15, -0.1) is 0 Å². The van der Waals surface area contributed by atoms with Gasteiger partial charge in [0.15, 0.2) is 0 Å². The molecule has 19 heavy (non-hydrogen) atoms. The second kappa shape index (κ2) is 6.19. The Morgan fingerprint density at radius 1 is 1.37 bits per heavy atom. The summed E-state index contributed by atoms with van der Waals surface area (Å²) in [6, 6.07) is 6.21. The van der Waals surface area contributed by atoms with Crippen LogP contribution in [-0.4, -0.2) is 14.8 Å². The van der Waals surface area contributed by atoms with Crippen LogP contribution >= 0.6 is 15.9 Å². The largest absolute Gasteiger partial charge is 0.378 e. The van der Waals surface area contributed by atoms with Crippen molar-refractivity contribution in [1.82, 2.24) is 14.8 Å². The zero-order chi connectivity index (χ0) is 13.8. The van der Waals surface area contributed by atoms with Crippen molar-refractivity contribution in [3.63, 3.8) is 0 Å². The SMILES string of the molecule is Cc1ccc(Br)cc1NCc1ncnn1CC(C)C. The smallest absolute Gasteiger partial charge is 0.146 e. The molecule has 4 nitrogen and oxygen atoms in total. The minimum absolute atomic E-state index is 0.563. The Morgan fingerprint density at radius 3 is 2.89 bits per heavy atom. The van der Waals surface area contributed by atoms with Crippen LogP contribution < -0.4 is 5.32 Å². The second-order valence-corrected chi connectivity index (χ2v) is 5.98. The van der Waals surface area contributed by atoms with Crippen LogP contribution in [0.15, 0.2) is 29.0 Å². The van der Waals surface area contributed by atoms with E-state index in [1.165, 1.54) is 5.56 Å². The van der Waals surface area contributed by atoms with Crippen molar-refractivity contribution in [2.45, 2.75) is 33.9 Å². The van der Waals surface area contributed by atoms with E-state index in [-0.39, 0.29) is 0 Å². The molecule has 0 amide bonds. The third-order valence-corrected chi connectivity index (χ3v) is 3.36. The van der Waals surface area contributed by atoms with Gasteiger partial charge in [-0.3, -0.25) is 0 Å². The Labute approximate surface area is 122 Å². The first-order valence-electron chi connectivity index (χ1n) is 6.43. The van der Waals surface area contributed by atoms with Crippen molar-refractivity contribution in [2.75, 3.05) is 5.32 Å². The third kappa shape index (κ3) is 3.80. The van der Waals surface area contributed by atoms with E-state index in [4.69, 9.17) is 0 Å². The van der Waals surface area contributed by atoms with Gasteiger partial charge in [-0.25, -0.2) is 9.67 Å². The molecule has 0 fully saturated rings. The molecule has 2 aromatic rings. The minimum atomic E-state index is 0.563. The zero-order valence-electron chi connectivity index (χ0n) is 11.5. The molecule has 0 saturated carbocycles. The fourth-order valence-electron chi connectivity index (χ4n) is 1.88. The van der Waals surface area contributed by atoms with Crippen LogP contribution in [0.1, 0.15) is 25.2 Å². The maximum Gasteiger partial charge on any atom is 0.146 e. The monoisotopic (exact) mass is 322 g/mol. The van der Waals surface area contributed by atoms with Crippen LogP contribution in [0.5, 0.6) is 0 Å². The van der Waals surface area contributed by atoms with Crippen molar-refractivity contribution in [2.24, 2.45) is 5.92 Å². The highest BCUT2D eigenvalue weighted by Gasteiger charge is 2.07. The number of aryl methyl sites for hydroxylation is 1. The normalized spacial score (nSPS) is 11.0. The lowest BCUT2D eigenvalue weighted by Gasteiger charge is -2.12. The molecule has 0 radical (unpaired) electrons. The van der Waals surface area contributed by atoms with E-state index in [0.29, 0.717) is 12.5 Å². The Kier molecular flexibility index (Phi) is 4.58. The topological polar surface area (TPSA) is 42.7 Å². The number of hydrogen-bond donors (Lipinski definition) is 1. The Bertz CT molecular complexity index is 548. The first-order chi connectivity index (χ1) is 9.06. The van der Waals surface area contributed by atoms with Gasteiger partial charge in [0.1, 0.15) is 12.2 Å². The molecule has 0 bridgehead atoms. The molecule has 0 saturated heterocycles. The number of hydrogen-bond acceptors (Lipinski definition) is 3. The molecular formula is C14H19BrN4. The van der Waals surface area contributed by atoms with Gasteiger partial charge in [-0.05, 0) is 30.5 Å². The van der Waals surface area contributed by atoms with Gasteiger partial charge in [-0.1, -0.05) is 35.8 Å². The van der Waals surface area contributed by atoms with Crippen LogP contribution in [-0.2, 0) is 13.1 Å². The average molecular weight is 323 g/mol. The van der Waals surface area contributed by atoms with Gasteiger partial charge in [0.2, 0.25) is 0 Å². The lowest BCUT2D eigenvalue weighted by Crippen LogP contribution is -2.13. The molecule has 0 spiro atoms. The van der Waals surface area contributed by atoms with Crippen molar-refractivity contribution in [3.05, 3.63) is 40.4 Å². The van der Waals surface area contributed by atoms with Crippen LogP contribution in [0.3, 0.4) is 0 Å². The van der Waals surface area contributed by atoms with Crippen LogP contribution in [0.25, 0.3) is 0 Å². The average Bonchev–Trinajstić information content (AvgIpc) is 2.77. The first-order valence-corrected chi connectivity index (χ1v) is 7.22.